The minimum Gasteiger partial charge on any atom is -0.489 e. The molecule has 0 aromatic carbocycles. The van der Waals surface area contributed by atoms with Crippen LogP contribution in [0, 0.1) is 5.13 Å². The van der Waals surface area contributed by atoms with Crippen molar-refractivity contribution in [3.05, 3.63) is 66.3 Å². The molecule has 1 aliphatic rings. The fourth-order valence-corrected chi connectivity index (χ4v) is 5.88. The topological polar surface area (TPSA) is 92.4 Å². The molecule has 0 amide bonds. The van der Waals surface area contributed by atoms with Gasteiger partial charge in [0.05, 0.1) is 18.0 Å². The highest BCUT2D eigenvalue weighted by Gasteiger charge is 2.18. The number of hydrogen-bond donors (Lipinski definition) is 2. The summed E-state index contributed by atoms with van der Waals surface area (Å²) in [6.07, 6.45) is 13.3. The van der Waals surface area contributed by atoms with Gasteiger partial charge in [0.25, 0.3) is 0 Å². The Labute approximate surface area is 215 Å². The van der Waals surface area contributed by atoms with Gasteiger partial charge in [0.15, 0.2) is 10.8 Å². The molecule has 6 aromatic heterocycles. The van der Waals surface area contributed by atoms with Crippen LogP contribution in [-0.4, -0.2) is 36.2 Å². The zero-order chi connectivity index (χ0) is 24.8. The van der Waals surface area contributed by atoms with Gasteiger partial charge in [-0.1, -0.05) is 6.42 Å². The molecule has 1 fully saturated rings. The van der Waals surface area contributed by atoms with Crippen LogP contribution in [0.1, 0.15) is 32.1 Å². The van der Waals surface area contributed by atoms with Crippen LogP contribution in [0.5, 0.6) is 5.75 Å². The number of H-pyrrole nitrogens is 2. The van der Waals surface area contributed by atoms with Crippen LogP contribution in [0.25, 0.3) is 55.0 Å². The first-order valence-corrected chi connectivity index (χ1v) is 13.2. The van der Waals surface area contributed by atoms with E-state index in [0.717, 1.165) is 79.3 Å². The normalized spacial score (nSPS) is 14.5. The smallest absolute Gasteiger partial charge is 0.176 e. The third-order valence-electron chi connectivity index (χ3n) is 6.94. The molecular formula is C28H23FN6OS. The summed E-state index contributed by atoms with van der Waals surface area (Å²) in [6.45, 7) is 0. The third kappa shape index (κ3) is 4.15. The Morgan fingerprint density at radius 2 is 1.78 bits per heavy atom. The van der Waals surface area contributed by atoms with Gasteiger partial charge < -0.3 is 9.72 Å². The van der Waals surface area contributed by atoms with Crippen molar-refractivity contribution in [2.45, 2.75) is 38.2 Å². The van der Waals surface area contributed by atoms with Gasteiger partial charge in [-0.05, 0) is 62.1 Å². The molecule has 7 rings (SSSR count). The zero-order valence-electron chi connectivity index (χ0n) is 19.9. The number of halogens is 1. The number of nitrogens with one attached hydrogen (secondary N) is 2. The maximum atomic E-state index is 13.7. The maximum Gasteiger partial charge on any atom is 0.176 e. The van der Waals surface area contributed by atoms with E-state index in [4.69, 9.17) is 4.74 Å². The molecular weight excluding hydrogens is 487 g/mol. The molecule has 184 valence electrons. The third-order valence-corrected chi connectivity index (χ3v) is 7.85. The van der Waals surface area contributed by atoms with Crippen LogP contribution in [-0.2, 0) is 0 Å². The summed E-state index contributed by atoms with van der Waals surface area (Å²) in [4.78, 5) is 17.8. The zero-order valence-corrected chi connectivity index (χ0v) is 20.7. The summed E-state index contributed by atoms with van der Waals surface area (Å²) < 4.78 is 19.9. The van der Waals surface area contributed by atoms with Crippen LogP contribution in [0.3, 0.4) is 0 Å². The second kappa shape index (κ2) is 9.08. The summed E-state index contributed by atoms with van der Waals surface area (Å²) in [5.41, 5.74) is 5.77. The highest BCUT2D eigenvalue weighted by Crippen LogP contribution is 2.36. The van der Waals surface area contributed by atoms with Crippen molar-refractivity contribution in [1.29, 1.82) is 0 Å². The first-order valence-electron chi connectivity index (χ1n) is 12.4. The lowest BCUT2D eigenvalue weighted by molar-refractivity contribution is 0.154. The van der Waals surface area contributed by atoms with E-state index in [1.165, 1.54) is 25.3 Å². The number of nitrogens with zero attached hydrogens (tertiary/aromatic N) is 4. The highest BCUT2D eigenvalue weighted by atomic mass is 32.1. The van der Waals surface area contributed by atoms with Gasteiger partial charge in [0.1, 0.15) is 17.1 Å². The fraction of sp³-hybridized carbons (Fsp3) is 0.214. The second-order valence-electron chi connectivity index (χ2n) is 9.39. The fourth-order valence-electron chi connectivity index (χ4n) is 5.11. The SMILES string of the molecule is Fc1ccc(-c2ccnc3[nH]c(-c4n[nH]c5ncc(-c6cncc(OC7CCCCC7)c6)cc45)cc23)s1. The first-order chi connectivity index (χ1) is 18.2. The van der Waals surface area contributed by atoms with Gasteiger partial charge >= 0.3 is 0 Å². The molecule has 0 atom stereocenters. The molecule has 9 heteroatoms. The Bertz CT molecular complexity index is 1730. The van der Waals surface area contributed by atoms with Crippen LogP contribution in [0.4, 0.5) is 4.39 Å². The summed E-state index contributed by atoms with van der Waals surface area (Å²) in [5.74, 6) is 0.788. The summed E-state index contributed by atoms with van der Waals surface area (Å²) >= 11 is 1.12. The van der Waals surface area contributed by atoms with Gasteiger partial charge in [-0.25, -0.2) is 9.97 Å². The van der Waals surface area contributed by atoms with Gasteiger partial charge in [0, 0.05) is 50.9 Å². The van der Waals surface area contributed by atoms with Gasteiger partial charge in [-0.15, -0.1) is 11.3 Å². The number of aromatic amines is 2. The molecule has 0 unspecified atom stereocenters. The van der Waals surface area contributed by atoms with Crippen LogP contribution in [0.2, 0.25) is 0 Å². The standard InChI is InChI=1S/C28H23FN6OS/c29-25-7-6-24(37-25)20-8-9-31-27-21(20)12-23(33-27)26-22-11-17(14-32-28(22)35-34-26)16-10-19(15-30-13-16)36-18-4-2-1-3-5-18/h6-15,18H,1-5H2,(H,31,33)(H,32,34,35). The Hall–Kier alpha value is -4.11. The van der Waals surface area contributed by atoms with E-state index in [2.05, 4.69) is 36.2 Å². The van der Waals surface area contributed by atoms with Crippen molar-refractivity contribution in [2.75, 3.05) is 0 Å². The van der Waals surface area contributed by atoms with Crippen molar-refractivity contribution in [1.82, 2.24) is 30.1 Å². The number of thiophene rings is 1. The molecule has 0 saturated heterocycles. The van der Waals surface area contributed by atoms with Crippen LogP contribution in [0.15, 0.2) is 61.2 Å². The largest absolute Gasteiger partial charge is 0.489 e. The van der Waals surface area contributed by atoms with E-state index in [1.54, 1.807) is 18.5 Å². The number of pyridine rings is 3. The Morgan fingerprint density at radius 1 is 0.892 bits per heavy atom. The predicted octanol–water partition coefficient (Wildman–Crippen LogP) is 7.14. The molecule has 1 aliphatic carbocycles. The van der Waals surface area contributed by atoms with Crippen LogP contribution < -0.4 is 4.74 Å². The number of rotatable bonds is 5. The predicted molar refractivity (Wildman–Crippen MR) is 143 cm³/mol. The average Bonchev–Trinajstić information content (AvgIpc) is 3.66. The molecule has 0 spiro atoms. The molecule has 0 aliphatic heterocycles. The van der Waals surface area contributed by atoms with Crippen molar-refractivity contribution < 1.29 is 9.13 Å². The van der Waals surface area contributed by atoms with Crippen molar-refractivity contribution in [3.63, 3.8) is 0 Å². The van der Waals surface area contributed by atoms with Crippen molar-refractivity contribution >= 4 is 33.4 Å². The van der Waals surface area contributed by atoms with E-state index in [0.29, 0.717) is 5.65 Å². The lowest BCUT2D eigenvalue weighted by Crippen LogP contribution is -2.19. The lowest BCUT2D eigenvalue weighted by atomic mass is 9.98. The molecule has 0 radical (unpaired) electrons. The van der Waals surface area contributed by atoms with Gasteiger partial charge in [-0.2, -0.15) is 9.49 Å². The average molecular weight is 511 g/mol. The van der Waals surface area contributed by atoms with E-state index in [1.807, 2.05) is 30.6 Å². The highest BCUT2D eigenvalue weighted by molar-refractivity contribution is 7.14. The first kappa shape index (κ1) is 22.1. The van der Waals surface area contributed by atoms with Gasteiger partial charge in [0.2, 0.25) is 0 Å². The Morgan fingerprint density at radius 3 is 2.65 bits per heavy atom. The molecule has 6 aromatic rings. The van der Waals surface area contributed by atoms with E-state index in [9.17, 15) is 4.39 Å². The number of fused-ring (bicyclic) bond motifs is 2. The molecule has 6 heterocycles. The number of ether oxygens (including phenoxy) is 1. The Balaban J connectivity index is 1.26. The minimum atomic E-state index is -0.213. The lowest BCUT2D eigenvalue weighted by Gasteiger charge is -2.23. The number of aromatic nitrogens is 6. The van der Waals surface area contributed by atoms with E-state index < -0.39 is 0 Å². The quantitative estimate of drug-likeness (QED) is 0.257. The monoisotopic (exact) mass is 510 g/mol. The van der Waals surface area contributed by atoms with E-state index >= 15 is 0 Å². The molecule has 7 nitrogen and oxygen atoms in total. The molecule has 2 N–H and O–H groups in total. The summed E-state index contributed by atoms with van der Waals surface area (Å²) in [5, 5.41) is 9.17. The van der Waals surface area contributed by atoms with E-state index in [-0.39, 0.29) is 11.2 Å². The van der Waals surface area contributed by atoms with Gasteiger partial charge in [-0.3, -0.25) is 10.1 Å². The number of hydrogen-bond acceptors (Lipinski definition) is 6. The van der Waals surface area contributed by atoms with Crippen LogP contribution >= 0.6 is 11.3 Å². The second-order valence-corrected chi connectivity index (χ2v) is 10.4. The maximum absolute atomic E-state index is 13.7. The minimum absolute atomic E-state index is 0.213. The molecule has 0 bridgehead atoms. The van der Waals surface area contributed by atoms with Crippen molar-refractivity contribution in [3.8, 4) is 38.7 Å². The molecule has 1 saturated carbocycles. The summed E-state index contributed by atoms with van der Waals surface area (Å²) in [6, 6.07) is 11.3. The van der Waals surface area contributed by atoms with Crippen molar-refractivity contribution in [2.24, 2.45) is 0 Å². The Kier molecular flexibility index (Phi) is 5.43. The summed E-state index contributed by atoms with van der Waals surface area (Å²) in [7, 11) is 0. The molecule has 37 heavy (non-hydrogen) atoms.